The maximum Gasteiger partial charge on any atom is 2.00 e. The quantitative estimate of drug-likeness (QED) is 0.00723. The molecule has 32 heteroatoms. The fourth-order valence-electron chi connectivity index (χ4n) is 6.19. The molecule has 1 radical (unpaired) electrons. The van der Waals surface area contributed by atoms with Crippen molar-refractivity contribution in [3.05, 3.63) is 134 Å². The van der Waals surface area contributed by atoms with Crippen molar-refractivity contribution in [2.75, 3.05) is 23.1 Å². The number of nitrogens with zero attached hydrogens (tertiary/aromatic N) is 10. The number of primary amides is 1. The van der Waals surface area contributed by atoms with Gasteiger partial charge in [-0.25, -0.2) is 17.7 Å². The van der Waals surface area contributed by atoms with Crippen LogP contribution in [0.3, 0.4) is 0 Å². The Morgan fingerprint density at radius 2 is 1.57 bits per heavy atom. The zero-order chi connectivity index (χ0) is 52.7. The van der Waals surface area contributed by atoms with Gasteiger partial charge in [0.05, 0.1) is 27.5 Å². The number of halogens is 1. The van der Waals surface area contributed by atoms with Crippen LogP contribution < -0.4 is 21.9 Å². The van der Waals surface area contributed by atoms with E-state index in [2.05, 4.69) is 60.8 Å². The number of phenols is 1. The van der Waals surface area contributed by atoms with Gasteiger partial charge in [-0.3, -0.25) is 23.3 Å². The van der Waals surface area contributed by atoms with E-state index in [1.54, 1.807) is 55.7 Å². The van der Waals surface area contributed by atoms with Crippen molar-refractivity contribution in [1.82, 2.24) is 19.5 Å². The van der Waals surface area contributed by atoms with Crippen molar-refractivity contribution in [1.29, 1.82) is 0 Å². The Morgan fingerprint density at radius 3 is 2.20 bits per heavy atom. The molecule has 393 valence electrons. The first kappa shape index (κ1) is 58.6. The van der Waals surface area contributed by atoms with Gasteiger partial charge in [-0.2, -0.15) is 47.4 Å². The molecule has 74 heavy (non-hydrogen) atoms. The molecule has 4 aromatic carbocycles. The number of rotatable bonds is 19. The monoisotopic (exact) mass is 1130 g/mol. The van der Waals surface area contributed by atoms with Crippen LogP contribution >= 0.6 is 0 Å². The number of carbonyl (C=O) groups excluding carboxylic acids is 2. The molecule has 6 rings (SSSR count). The van der Waals surface area contributed by atoms with Crippen LogP contribution in [0.1, 0.15) is 45.6 Å². The van der Waals surface area contributed by atoms with E-state index in [4.69, 9.17) is 10.3 Å². The molecule has 0 saturated carbocycles. The molecule has 2 aromatic heterocycles. The smallest absolute Gasteiger partial charge is 0.571 e. The van der Waals surface area contributed by atoms with Crippen molar-refractivity contribution in [2.45, 2.75) is 44.5 Å². The molecule has 27 nitrogen and oxygen atoms in total. The molecule has 0 atom stereocenters. The maximum absolute atomic E-state index is 14.9. The third-order valence-corrected chi connectivity index (χ3v) is 12.5. The Hall–Kier alpha value is -7.97. The minimum Gasteiger partial charge on any atom is -0.571 e. The molecule has 0 aliphatic carbocycles. The van der Waals surface area contributed by atoms with E-state index in [0.29, 0.717) is 10.1 Å². The Balaban J connectivity index is 0.00000593. The van der Waals surface area contributed by atoms with Gasteiger partial charge < -0.3 is 41.9 Å². The Morgan fingerprint density at radius 1 is 0.878 bits per heavy atom. The number of phenolic OH excluding ortho intramolecular Hbond substituents is 1. The number of nitrogens with two attached hydrogens (primary N) is 1. The Labute approximate surface area is 430 Å². The van der Waals surface area contributed by atoms with Gasteiger partial charge in [-0.05, 0) is 56.3 Å². The predicted molar refractivity (Wildman–Crippen MR) is 258 cm³/mol. The summed E-state index contributed by atoms with van der Waals surface area (Å²) in [6, 6.07) is 17.5. The minimum atomic E-state index is -5.08. The van der Waals surface area contributed by atoms with Crippen LogP contribution in [0.4, 0.5) is 44.7 Å². The SMILES string of the molecule is C.Cc1ccc([C-]=O)c(N=NC(=N[N-]c2cc(S(=O)(=O)O)cc(Nc3nc(F)nc(NCCn4c(O)c(C(N)=O)c(C)c(N=Nc5ccc(S(=O)(=O)COS(=O)(=O)O)cc5C)c4=O)n3)c2O)c2ccccc2)c1.[Cu+2]. The van der Waals surface area contributed by atoms with Crippen LogP contribution in [0.15, 0.2) is 119 Å². The number of carbonyl (C=O) groups is 1. The first-order valence-corrected chi connectivity index (χ1v) is 24.5. The molecule has 0 aliphatic heterocycles. The summed E-state index contributed by atoms with van der Waals surface area (Å²) >= 11 is 0. The van der Waals surface area contributed by atoms with Crippen LogP contribution in [0, 0.1) is 26.8 Å². The number of hydrogen-bond acceptors (Lipinski definition) is 21. The maximum atomic E-state index is 14.9. The largest absolute Gasteiger partial charge is 2.00 e. The fraction of sp³-hybridized carbons (Fsp3) is 0.167. The van der Waals surface area contributed by atoms with Crippen molar-refractivity contribution < 1.29 is 79.8 Å². The van der Waals surface area contributed by atoms with Gasteiger partial charge in [0, 0.05) is 24.2 Å². The van der Waals surface area contributed by atoms with Crippen LogP contribution in [0.5, 0.6) is 11.6 Å². The molecule has 0 unspecified atom stereocenters. The Bertz CT molecular complexity index is 3640. The second-order valence-corrected chi connectivity index (χ2v) is 19.2. The average molecular weight is 1130 g/mol. The summed E-state index contributed by atoms with van der Waals surface area (Å²) in [5.41, 5.74) is 7.50. The minimum absolute atomic E-state index is 0. The molecule has 6 aromatic rings. The van der Waals surface area contributed by atoms with E-state index in [9.17, 15) is 58.8 Å². The van der Waals surface area contributed by atoms with Gasteiger partial charge in [-0.15, -0.1) is 21.9 Å². The van der Waals surface area contributed by atoms with E-state index >= 15 is 0 Å². The summed E-state index contributed by atoms with van der Waals surface area (Å²) in [6.07, 6.45) is 0.322. The van der Waals surface area contributed by atoms with Crippen molar-refractivity contribution in [2.24, 2.45) is 31.3 Å². The summed E-state index contributed by atoms with van der Waals surface area (Å²) in [4.78, 5) is 47.4. The molecule has 0 bridgehead atoms. The number of anilines is 3. The van der Waals surface area contributed by atoms with Crippen molar-refractivity contribution in [3.63, 3.8) is 0 Å². The topological polar surface area (TPSA) is 413 Å². The van der Waals surface area contributed by atoms with E-state index < -0.39 is 123 Å². The number of benzene rings is 4. The first-order chi connectivity index (χ1) is 33.8. The van der Waals surface area contributed by atoms with Crippen LogP contribution in [-0.2, 0) is 62.9 Å². The second kappa shape index (κ2) is 24.2. The molecule has 0 saturated heterocycles. The van der Waals surface area contributed by atoms with Gasteiger partial charge in [0.15, 0.2) is 17.5 Å². The van der Waals surface area contributed by atoms with E-state index in [1.165, 1.54) is 19.9 Å². The van der Waals surface area contributed by atoms with E-state index in [-0.39, 0.29) is 58.4 Å². The van der Waals surface area contributed by atoms with Gasteiger partial charge in [-0.1, -0.05) is 61.1 Å². The average Bonchev–Trinajstić information content (AvgIpc) is 3.30. The van der Waals surface area contributed by atoms with Crippen LogP contribution in [0.2, 0.25) is 0 Å². The van der Waals surface area contributed by atoms with Crippen molar-refractivity contribution in [3.8, 4) is 11.6 Å². The normalized spacial score (nSPS) is 12.0. The van der Waals surface area contributed by atoms with Crippen LogP contribution in [-0.4, -0.2) is 94.6 Å². The zero-order valence-corrected chi connectivity index (χ0v) is 40.8. The molecule has 1 amide bonds. The molecule has 8 N–H and O–H groups in total. The summed E-state index contributed by atoms with van der Waals surface area (Å²) in [5.74, 6) is -5.70. The molecular weight excluding hydrogens is 1090 g/mol. The number of azo groups is 2. The number of hydrogen-bond donors (Lipinski definition) is 7. The fourth-order valence-corrected chi connectivity index (χ4v) is 8.48. The standard InChI is InChI=1S/C41H37FN13O14S3.CH4.Cu/c1-21-9-10-25(19-56)29(15-21)50-53-36(24-7-5-4-6-8-24)54-51-31-18-27(71(63,64)65)17-30(34(31)57)45-41-47-39(42)46-40(48-41)44-13-14-55-37(59)32(35(43)58)23(3)33(38(55)60)52-49-28-12-11-26(16-22(28)2)70(61,62)20-69-72(66,67)68;;/h4-12,15-18H,13-14,20H2,1-3H3,(H9,43,44,45,46,47,48,49,50,51,52,53,54,56,57,58,59,60,63,64,65,66,67,68);1H4;/q-1;;+2/p-1. The number of aromatic nitrogens is 4. The molecule has 0 fully saturated rings. The molecule has 2 heterocycles. The Kier molecular flexibility index (Phi) is 19.1. The second-order valence-electron chi connectivity index (χ2n) is 14.7. The van der Waals surface area contributed by atoms with Gasteiger partial charge in [0.2, 0.25) is 27.6 Å². The molecule has 0 spiro atoms. The number of sulfone groups is 1. The third-order valence-electron chi connectivity index (χ3n) is 9.68. The summed E-state index contributed by atoms with van der Waals surface area (Å²) in [6.45, 7) is 3.46. The number of aromatic hydroxyl groups is 2. The van der Waals surface area contributed by atoms with Gasteiger partial charge in [0.25, 0.3) is 21.6 Å². The zero-order valence-electron chi connectivity index (χ0n) is 37.5. The number of nitrogens with one attached hydrogen (secondary N) is 2. The first-order valence-electron chi connectivity index (χ1n) is 20.0. The van der Waals surface area contributed by atoms with Crippen LogP contribution in [0.25, 0.3) is 5.43 Å². The summed E-state index contributed by atoms with van der Waals surface area (Å²) in [7, 11) is -14.5. The van der Waals surface area contributed by atoms with Gasteiger partial charge in [0.1, 0.15) is 11.3 Å². The van der Waals surface area contributed by atoms with E-state index in [1.807, 2.05) is 0 Å². The number of amides is 1. The van der Waals surface area contributed by atoms with Crippen molar-refractivity contribution >= 4 is 88.7 Å². The number of aryl methyl sites for hydroxylation is 2. The molecular formula is C42H40CuFN13O14S3. The predicted octanol–water partition coefficient (Wildman–Crippen LogP) is 5.92. The molecule has 0 aliphatic rings. The number of pyridine rings is 1. The van der Waals surface area contributed by atoms with E-state index in [0.717, 1.165) is 35.9 Å². The summed E-state index contributed by atoms with van der Waals surface area (Å²) < 4.78 is 110. The number of amidine groups is 1. The van der Waals surface area contributed by atoms with Gasteiger partial charge >= 0.3 is 33.5 Å². The summed E-state index contributed by atoms with van der Waals surface area (Å²) in [5, 5.41) is 47.4. The third kappa shape index (κ3) is 14.6.